The first-order valence-corrected chi connectivity index (χ1v) is 8.98. The highest BCUT2D eigenvalue weighted by molar-refractivity contribution is 6.42. The molecule has 0 aromatic heterocycles. The van der Waals surface area contributed by atoms with E-state index in [-0.39, 0.29) is 12.3 Å². The number of carbonyl (C=O) groups is 2. The Hall–Kier alpha value is -3.59. The van der Waals surface area contributed by atoms with E-state index in [0.717, 1.165) is 0 Å². The zero-order chi connectivity index (χ0) is 20.3. The van der Waals surface area contributed by atoms with Gasteiger partial charge in [0.05, 0.1) is 18.0 Å². The summed E-state index contributed by atoms with van der Waals surface area (Å²) in [4.78, 5) is 24.0. The Morgan fingerprint density at radius 1 is 1.14 bits per heavy atom. The minimum Gasteiger partial charge on any atom is -0.456 e. The summed E-state index contributed by atoms with van der Waals surface area (Å²) in [5.41, 5.74) is 2.33. The molecule has 0 saturated carbocycles. The molecule has 29 heavy (non-hydrogen) atoms. The minimum atomic E-state index is -1.62. The molecule has 0 aliphatic carbocycles. The maximum Gasteiger partial charge on any atom is 0.360 e. The second kappa shape index (κ2) is 7.80. The van der Waals surface area contributed by atoms with Crippen LogP contribution in [0.1, 0.15) is 6.92 Å². The summed E-state index contributed by atoms with van der Waals surface area (Å²) in [6.07, 6.45) is -1.79. The van der Waals surface area contributed by atoms with Crippen molar-refractivity contribution in [2.24, 2.45) is 15.3 Å². The smallest absolute Gasteiger partial charge is 0.360 e. The van der Waals surface area contributed by atoms with Gasteiger partial charge >= 0.3 is 11.9 Å². The van der Waals surface area contributed by atoms with Gasteiger partial charge in [0.15, 0.2) is 12.2 Å². The lowest BCUT2D eigenvalue weighted by molar-refractivity contribution is -0.157. The van der Waals surface area contributed by atoms with Crippen LogP contribution in [0.2, 0.25) is 0 Å². The third-order valence-electron chi connectivity index (χ3n) is 4.42. The Labute approximate surface area is 166 Å². The lowest BCUT2D eigenvalue weighted by Crippen LogP contribution is -2.44. The molecule has 3 unspecified atom stereocenters. The monoisotopic (exact) mass is 394 g/mol. The number of hydrogen-bond donors (Lipinski definition) is 1. The number of fused-ring (bicyclic) bond motifs is 1. The molecule has 2 aromatic carbocycles. The summed E-state index contributed by atoms with van der Waals surface area (Å²) in [6.45, 7) is 1.27. The van der Waals surface area contributed by atoms with Crippen LogP contribution in [0.25, 0.3) is 0 Å². The van der Waals surface area contributed by atoms with Crippen LogP contribution in [0.5, 0.6) is 0 Å². The molecule has 4 rings (SSSR count). The Morgan fingerprint density at radius 3 is 2.52 bits per heavy atom. The van der Waals surface area contributed by atoms with Crippen LogP contribution in [-0.2, 0) is 23.8 Å². The van der Waals surface area contributed by atoms with Crippen LogP contribution < -0.4 is 5.43 Å². The lowest BCUT2D eigenvalue weighted by Gasteiger charge is -2.20. The normalized spacial score (nSPS) is 27.1. The molecular weight excluding hydrogens is 376 g/mol. The summed E-state index contributed by atoms with van der Waals surface area (Å²) in [6, 6.07) is 18.1. The van der Waals surface area contributed by atoms with Crippen molar-refractivity contribution in [3.8, 4) is 0 Å². The topological polar surface area (TPSA) is 111 Å². The summed E-state index contributed by atoms with van der Waals surface area (Å²) < 4.78 is 16.5. The van der Waals surface area contributed by atoms with E-state index in [4.69, 9.17) is 14.2 Å². The van der Waals surface area contributed by atoms with Crippen molar-refractivity contribution in [3.05, 3.63) is 60.7 Å². The van der Waals surface area contributed by atoms with Gasteiger partial charge in [0.2, 0.25) is 5.71 Å². The Balaban J connectivity index is 1.70. The summed E-state index contributed by atoms with van der Waals surface area (Å²) in [5, 5.41) is 12.7. The van der Waals surface area contributed by atoms with E-state index in [1.165, 1.54) is 6.92 Å². The van der Waals surface area contributed by atoms with Gasteiger partial charge in [-0.05, 0) is 24.3 Å². The van der Waals surface area contributed by atoms with E-state index in [0.29, 0.717) is 11.4 Å². The summed E-state index contributed by atoms with van der Waals surface area (Å²) in [7, 11) is 0. The third kappa shape index (κ3) is 3.72. The molecule has 3 atom stereocenters. The highest BCUT2D eigenvalue weighted by Gasteiger charge is 2.66. The fourth-order valence-corrected chi connectivity index (χ4v) is 3.13. The molecule has 148 valence electrons. The van der Waals surface area contributed by atoms with Gasteiger partial charge in [0, 0.05) is 6.92 Å². The Morgan fingerprint density at radius 2 is 1.83 bits per heavy atom. The maximum absolute atomic E-state index is 12.5. The molecular formula is C20H18N4O5. The molecule has 2 aliphatic heterocycles. The van der Waals surface area contributed by atoms with Gasteiger partial charge < -0.3 is 14.2 Å². The second-order valence-corrected chi connectivity index (χ2v) is 6.46. The quantitative estimate of drug-likeness (QED) is 0.474. The van der Waals surface area contributed by atoms with E-state index in [1.54, 1.807) is 24.3 Å². The van der Waals surface area contributed by atoms with E-state index in [1.807, 2.05) is 36.4 Å². The highest BCUT2D eigenvalue weighted by Crippen LogP contribution is 2.40. The number of rotatable bonds is 5. The number of esters is 2. The van der Waals surface area contributed by atoms with E-state index in [9.17, 15) is 9.59 Å². The third-order valence-corrected chi connectivity index (χ3v) is 4.42. The number of nitrogens with zero attached hydrogens (tertiary/aromatic N) is 3. The van der Waals surface area contributed by atoms with Crippen molar-refractivity contribution in [3.63, 3.8) is 0 Å². The first-order chi connectivity index (χ1) is 14.1. The molecule has 2 saturated heterocycles. The number of hydrogen-bond acceptors (Lipinski definition) is 9. The van der Waals surface area contributed by atoms with E-state index in [2.05, 4.69) is 20.8 Å². The molecule has 1 N–H and O–H groups in total. The largest absolute Gasteiger partial charge is 0.456 e. The summed E-state index contributed by atoms with van der Waals surface area (Å²) in [5.74, 6) is -1.24. The van der Waals surface area contributed by atoms with Crippen LogP contribution in [-0.4, -0.2) is 42.2 Å². The highest BCUT2D eigenvalue weighted by atomic mass is 16.7. The van der Waals surface area contributed by atoms with Crippen LogP contribution in [0.3, 0.4) is 0 Å². The number of anilines is 1. The van der Waals surface area contributed by atoms with Gasteiger partial charge in [0.1, 0.15) is 0 Å². The molecule has 0 radical (unpaired) electrons. The van der Waals surface area contributed by atoms with E-state index >= 15 is 0 Å². The average molecular weight is 394 g/mol. The van der Waals surface area contributed by atoms with Crippen molar-refractivity contribution >= 4 is 29.0 Å². The predicted molar refractivity (Wildman–Crippen MR) is 103 cm³/mol. The SMILES string of the molecule is CC(=O)OC1COC2(N=Nc3ccccc3)C(=NNc3ccccc3)C(=O)OC12. The number of carbonyl (C=O) groups excluding carboxylic acids is 2. The Kier molecular flexibility index (Phi) is 5.05. The van der Waals surface area contributed by atoms with Crippen LogP contribution >= 0.6 is 0 Å². The molecule has 0 spiro atoms. The zero-order valence-electron chi connectivity index (χ0n) is 15.5. The van der Waals surface area contributed by atoms with Gasteiger partial charge in [0.25, 0.3) is 5.72 Å². The zero-order valence-corrected chi connectivity index (χ0v) is 15.5. The summed E-state index contributed by atoms with van der Waals surface area (Å²) >= 11 is 0. The number of nitrogens with one attached hydrogen (secondary N) is 1. The number of para-hydroxylation sites is 1. The first kappa shape index (κ1) is 18.8. The molecule has 0 bridgehead atoms. The van der Waals surface area contributed by atoms with Crippen molar-refractivity contribution in [2.45, 2.75) is 24.9 Å². The maximum atomic E-state index is 12.5. The van der Waals surface area contributed by atoms with Crippen molar-refractivity contribution in [2.75, 3.05) is 12.0 Å². The fourth-order valence-electron chi connectivity index (χ4n) is 3.13. The molecule has 2 aliphatic rings. The first-order valence-electron chi connectivity index (χ1n) is 8.98. The van der Waals surface area contributed by atoms with E-state index < -0.39 is 29.9 Å². The molecule has 9 nitrogen and oxygen atoms in total. The lowest BCUT2D eigenvalue weighted by atomic mass is 10.0. The van der Waals surface area contributed by atoms with Gasteiger partial charge in [-0.3, -0.25) is 10.2 Å². The Bertz CT molecular complexity index is 963. The van der Waals surface area contributed by atoms with Gasteiger partial charge in [-0.1, -0.05) is 36.4 Å². The van der Waals surface area contributed by atoms with Crippen LogP contribution in [0.4, 0.5) is 11.4 Å². The number of benzene rings is 2. The van der Waals surface area contributed by atoms with Crippen molar-refractivity contribution < 1.29 is 23.8 Å². The van der Waals surface area contributed by atoms with Gasteiger partial charge in [-0.2, -0.15) is 10.2 Å². The molecule has 2 heterocycles. The number of ether oxygens (including phenoxy) is 3. The number of hydrazone groups is 1. The van der Waals surface area contributed by atoms with Crippen molar-refractivity contribution in [1.82, 2.24) is 0 Å². The fraction of sp³-hybridized carbons (Fsp3) is 0.250. The average Bonchev–Trinajstić information content (AvgIpc) is 3.19. The van der Waals surface area contributed by atoms with Crippen LogP contribution in [0, 0.1) is 0 Å². The van der Waals surface area contributed by atoms with Crippen molar-refractivity contribution in [1.29, 1.82) is 0 Å². The molecule has 9 heteroatoms. The molecule has 0 amide bonds. The molecule has 2 fully saturated rings. The second-order valence-electron chi connectivity index (χ2n) is 6.46. The number of azo groups is 1. The predicted octanol–water partition coefficient (Wildman–Crippen LogP) is 2.82. The standard InChI is InChI=1S/C20H18N4O5/c1-13(25)28-16-12-27-20(24-22-15-10-6-3-7-11-15)17(19(26)29-18(16)20)23-21-14-8-4-2-5-9-14/h2-11,16,18,21H,12H2,1H3. The molecule has 2 aromatic rings. The van der Waals surface area contributed by atoms with Crippen LogP contribution in [0.15, 0.2) is 76.0 Å². The minimum absolute atomic E-state index is 0.00427. The van der Waals surface area contributed by atoms with Gasteiger partial charge in [-0.25, -0.2) is 4.79 Å². The van der Waals surface area contributed by atoms with Gasteiger partial charge in [-0.15, -0.1) is 5.11 Å².